The first kappa shape index (κ1) is 21.8. The number of fused-ring (bicyclic) bond motifs is 3. The van der Waals surface area contributed by atoms with Crippen molar-refractivity contribution in [2.45, 2.75) is 71.4 Å². The number of methoxy groups -OCH3 is 2. The van der Waals surface area contributed by atoms with Gasteiger partial charge in [0.1, 0.15) is 6.10 Å². The minimum Gasteiger partial charge on any atom is -0.493 e. The summed E-state index contributed by atoms with van der Waals surface area (Å²) in [5.41, 5.74) is 6.01. The summed E-state index contributed by atoms with van der Waals surface area (Å²) >= 11 is 0. The first-order chi connectivity index (χ1) is 15.3. The molecule has 2 aliphatic heterocycles. The fourth-order valence-corrected chi connectivity index (χ4v) is 7.02. The third kappa shape index (κ3) is 3.44. The molecule has 5 nitrogen and oxygen atoms in total. The zero-order chi connectivity index (χ0) is 22.6. The van der Waals surface area contributed by atoms with Gasteiger partial charge in [-0.3, -0.25) is 9.69 Å². The second-order valence-electron chi connectivity index (χ2n) is 10.7. The van der Waals surface area contributed by atoms with Crippen LogP contribution < -0.4 is 9.47 Å². The molecule has 1 saturated carbocycles. The lowest BCUT2D eigenvalue weighted by atomic mass is 9.59. The summed E-state index contributed by atoms with van der Waals surface area (Å²) in [5.74, 6) is 1.86. The Kier molecular flexibility index (Phi) is 5.51. The number of carbonyl (C=O) groups is 1. The summed E-state index contributed by atoms with van der Waals surface area (Å²) in [4.78, 5) is 15.5. The highest BCUT2D eigenvalue weighted by molar-refractivity contribution is 5.76. The van der Waals surface area contributed by atoms with Gasteiger partial charge >= 0.3 is 5.97 Å². The fraction of sp³-hybridized carbons (Fsp3) is 0.667. The molecule has 32 heavy (non-hydrogen) atoms. The summed E-state index contributed by atoms with van der Waals surface area (Å²) in [7, 11) is 3.37. The molecule has 2 heterocycles. The van der Waals surface area contributed by atoms with E-state index >= 15 is 0 Å². The quantitative estimate of drug-likeness (QED) is 0.484. The molecule has 0 spiro atoms. The number of benzene rings is 1. The Morgan fingerprint density at radius 3 is 2.69 bits per heavy atom. The van der Waals surface area contributed by atoms with E-state index in [1.54, 1.807) is 25.4 Å². The molecule has 1 aromatic rings. The second-order valence-corrected chi connectivity index (χ2v) is 10.7. The first-order valence-electron chi connectivity index (χ1n) is 12.2. The molecule has 5 heteroatoms. The van der Waals surface area contributed by atoms with Crippen molar-refractivity contribution in [3.05, 3.63) is 34.4 Å². The van der Waals surface area contributed by atoms with Gasteiger partial charge < -0.3 is 14.2 Å². The Bertz CT molecular complexity index is 953. The van der Waals surface area contributed by atoms with E-state index < -0.39 is 0 Å². The Hall–Kier alpha value is -2.01. The minimum atomic E-state index is -0.0316. The van der Waals surface area contributed by atoms with E-state index in [0.717, 1.165) is 43.9 Å². The Labute approximate surface area is 192 Å². The average molecular weight is 440 g/mol. The van der Waals surface area contributed by atoms with Crippen molar-refractivity contribution in [1.29, 1.82) is 0 Å². The summed E-state index contributed by atoms with van der Waals surface area (Å²) in [6.07, 6.45) is 6.79. The summed E-state index contributed by atoms with van der Waals surface area (Å²) in [6.45, 7) is 8.67. The molecule has 0 aromatic heterocycles. The zero-order valence-corrected chi connectivity index (χ0v) is 20.2. The van der Waals surface area contributed by atoms with Gasteiger partial charge in [0.15, 0.2) is 11.5 Å². The lowest BCUT2D eigenvalue weighted by Crippen LogP contribution is -2.43. The van der Waals surface area contributed by atoms with Crippen molar-refractivity contribution in [3.63, 3.8) is 0 Å². The smallest absolute Gasteiger partial charge is 0.310 e. The van der Waals surface area contributed by atoms with Gasteiger partial charge in [-0.25, -0.2) is 0 Å². The monoisotopic (exact) mass is 439 g/mol. The fourth-order valence-electron chi connectivity index (χ4n) is 7.02. The van der Waals surface area contributed by atoms with Gasteiger partial charge in [-0.15, -0.1) is 0 Å². The highest BCUT2D eigenvalue weighted by Gasteiger charge is 2.53. The second kappa shape index (κ2) is 8.09. The molecule has 2 fully saturated rings. The van der Waals surface area contributed by atoms with Crippen LogP contribution in [0.4, 0.5) is 0 Å². The number of nitrogens with zero attached hydrogens (tertiary/aromatic N) is 1. The van der Waals surface area contributed by atoms with E-state index in [0.29, 0.717) is 5.92 Å². The van der Waals surface area contributed by atoms with E-state index in [1.165, 1.54) is 30.4 Å². The number of rotatable bonds is 4. The van der Waals surface area contributed by atoms with E-state index in [1.807, 2.05) is 0 Å². The Morgan fingerprint density at radius 1 is 1.19 bits per heavy atom. The van der Waals surface area contributed by atoms with Crippen LogP contribution in [0.15, 0.2) is 23.3 Å². The number of allylic oxidation sites excluding steroid dienone is 2. The molecule has 0 radical (unpaired) electrons. The highest BCUT2D eigenvalue weighted by atomic mass is 16.6. The third-order valence-electron chi connectivity index (χ3n) is 8.92. The summed E-state index contributed by atoms with van der Waals surface area (Å²) in [6, 6.07) is 4.46. The molecule has 0 bridgehead atoms. The Morgan fingerprint density at radius 2 is 1.94 bits per heavy atom. The number of esters is 1. The predicted molar refractivity (Wildman–Crippen MR) is 124 cm³/mol. The third-order valence-corrected chi connectivity index (χ3v) is 8.92. The maximum atomic E-state index is 13.0. The summed E-state index contributed by atoms with van der Waals surface area (Å²) < 4.78 is 17.1. The molecule has 2 aliphatic carbocycles. The van der Waals surface area contributed by atoms with E-state index in [2.05, 4.69) is 37.8 Å². The van der Waals surface area contributed by atoms with Crippen molar-refractivity contribution in [3.8, 4) is 11.5 Å². The molecule has 0 N–H and O–H groups in total. The van der Waals surface area contributed by atoms with Crippen molar-refractivity contribution in [2.24, 2.45) is 17.3 Å². The van der Waals surface area contributed by atoms with Crippen LogP contribution in [0.5, 0.6) is 11.5 Å². The minimum absolute atomic E-state index is 0.0193. The van der Waals surface area contributed by atoms with Crippen molar-refractivity contribution < 1.29 is 19.0 Å². The van der Waals surface area contributed by atoms with Crippen molar-refractivity contribution in [2.75, 3.05) is 27.3 Å². The lowest BCUT2D eigenvalue weighted by molar-refractivity contribution is -0.145. The van der Waals surface area contributed by atoms with Crippen LogP contribution >= 0.6 is 0 Å². The molecule has 4 aliphatic rings. The molecule has 0 amide bonds. The molecular weight excluding hydrogens is 402 g/mol. The number of hydrogen-bond acceptors (Lipinski definition) is 5. The van der Waals surface area contributed by atoms with Crippen molar-refractivity contribution in [1.82, 2.24) is 4.90 Å². The van der Waals surface area contributed by atoms with Crippen molar-refractivity contribution >= 4 is 5.97 Å². The average Bonchev–Trinajstić information content (AvgIpc) is 3.06. The van der Waals surface area contributed by atoms with Gasteiger partial charge in [0.2, 0.25) is 0 Å². The molecule has 1 saturated heterocycles. The lowest BCUT2D eigenvalue weighted by Gasteiger charge is -2.46. The molecule has 174 valence electrons. The van der Waals surface area contributed by atoms with E-state index in [4.69, 9.17) is 14.2 Å². The van der Waals surface area contributed by atoms with E-state index in [9.17, 15) is 4.79 Å². The van der Waals surface area contributed by atoms with Crippen LogP contribution in [0.1, 0.15) is 70.0 Å². The highest BCUT2D eigenvalue weighted by Crippen LogP contribution is 2.55. The topological polar surface area (TPSA) is 48.0 Å². The largest absolute Gasteiger partial charge is 0.493 e. The van der Waals surface area contributed by atoms with E-state index in [-0.39, 0.29) is 29.4 Å². The SMILES string of the molecule is COc1cc2c(cc1OC)C(C)N(CC1C(=O)OC3CC4(C)CCCC(C)=C4CC31)CC2. The van der Waals surface area contributed by atoms with Gasteiger partial charge in [0.25, 0.3) is 0 Å². The van der Waals surface area contributed by atoms with Gasteiger partial charge in [-0.1, -0.05) is 18.1 Å². The maximum absolute atomic E-state index is 13.0. The van der Waals surface area contributed by atoms with Crippen LogP contribution in [-0.2, 0) is 16.0 Å². The maximum Gasteiger partial charge on any atom is 0.310 e. The predicted octanol–water partition coefficient (Wildman–Crippen LogP) is 5.08. The first-order valence-corrected chi connectivity index (χ1v) is 12.2. The van der Waals surface area contributed by atoms with Crippen LogP contribution in [0, 0.1) is 17.3 Å². The molecule has 1 aromatic carbocycles. The summed E-state index contributed by atoms with van der Waals surface area (Å²) in [5, 5.41) is 0. The number of hydrogen-bond donors (Lipinski definition) is 0. The molecular formula is C27H37NO4. The Balaban J connectivity index is 1.37. The van der Waals surface area contributed by atoms with Crippen LogP contribution in [0.25, 0.3) is 0 Å². The van der Waals surface area contributed by atoms with Crippen LogP contribution in [0.2, 0.25) is 0 Å². The number of carbonyl (C=O) groups excluding carboxylic acids is 1. The van der Waals surface area contributed by atoms with Crippen LogP contribution in [0.3, 0.4) is 0 Å². The van der Waals surface area contributed by atoms with Gasteiger partial charge in [0, 0.05) is 25.0 Å². The van der Waals surface area contributed by atoms with Gasteiger partial charge in [-0.05, 0) is 81.0 Å². The zero-order valence-electron chi connectivity index (χ0n) is 20.2. The van der Waals surface area contributed by atoms with Gasteiger partial charge in [-0.2, -0.15) is 0 Å². The molecule has 5 unspecified atom stereocenters. The molecule has 5 atom stereocenters. The van der Waals surface area contributed by atoms with Crippen LogP contribution in [-0.4, -0.2) is 44.3 Å². The van der Waals surface area contributed by atoms with Gasteiger partial charge in [0.05, 0.1) is 20.1 Å². The standard InChI is InChI=1S/C27H37NO4/c1-16-7-6-9-27(3)14-25-20(12-22(16)27)21(26(29)32-25)15-28-10-8-18-11-23(30-4)24(31-5)13-19(18)17(28)2/h11,13,17,20-21,25H,6-10,12,14-15H2,1-5H3. The number of ether oxygens (including phenoxy) is 3. The molecule has 5 rings (SSSR count). The normalized spacial score (nSPS) is 34.5.